The van der Waals surface area contributed by atoms with Gasteiger partial charge in [-0.25, -0.2) is 0 Å². The Morgan fingerprint density at radius 2 is 1.67 bits per heavy atom. The van der Waals surface area contributed by atoms with Crippen LogP contribution in [0.4, 0.5) is 0 Å². The van der Waals surface area contributed by atoms with E-state index in [1.54, 1.807) is 0 Å². The molecule has 7 nitrogen and oxygen atoms in total. The molecule has 1 saturated heterocycles. The molecule has 5 N–H and O–H groups in total. The quantitative estimate of drug-likeness (QED) is 0.354. The van der Waals surface area contributed by atoms with Gasteiger partial charge in [-0.1, -0.05) is 12.8 Å². The monoisotopic (exact) mass is 306 g/mol. The molecular formula is C14H26O7. The second kappa shape index (κ2) is 8.77. The summed E-state index contributed by atoms with van der Waals surface area (Å²) < 4.78 is 5.38. The third kappa shape index (κ3) is 5.28. The van der Waals surface area contributed by atoms with E-state index in [1.807, 2.05) is 0 Å². The standard InChI is InChI=1S/C14H26O7/c1-8(16)9(17)5-3-2-4-6-10-12(18)14(20)13(19)11(7-15)21-10/h8,10-16,18-20H,2-7H2,1H3/t8-,10?,11?,12?,13?,14?/m0/s1. The highest BCUT2D eigenvalue weighted by Crippen LogP contribution is 2.24. The van der Waals surface area contributed by atoms with Crippen LogP contribution in [0.1, 0.15) is 39.0 Å². The van der Waals surface area contributed by atoms with Crippen molar-refractivity contribution >= 4 is 5.78 Å². The molecule has 0 aromatic rings. The Bertz CT molecular complexity index is 318. The van der Waals surface area contributed by atoms with Crippen LogP contribution in [0.2, 0.25) is 0 Å². The van der Waals surface area contributed by atoms with E-state index >= 15 is 0 Å². The predicted molar refractivity (Wildman–Crippen MR) is 73.5 cm³/mol. The van der Waals surface area contributed by atoms with Gasteiger partial charge in [-0.3, -0.25) is 4.79 Å². The van der Waals surface area contributed by atoms with E-state index in [0.717, 1.165) is 6.42 Å². The maximum Gasteiger partial charge on any atom is 0.160 e. The zero-order chi connectivity index (χ0) is 16.0. The lowest BCUT2D eigenvalue weighted by Crippen LogP contribution is -2.58. The smallest absolute Gasteiger partial charge is 0.160 e. The molecule has 0 aromatic carbocycles. The first-order valence-corrected chi connectivity index (χ1v) is 7.39. The van der Waals surface area contributed by atoms with Crippen LogP contribution < -0.4 is 0 Å². The molecular weight excluding hydrogens is 280 g/mol. The van der Waals surface area contributed by atoms with Crippen LogP contribution in [0, 0.1) is 0 Å². The highest BCUT2D eigenvalue weighted by atomic mass is 16.5. The van der Waals surface area contributed by atoms with Gasteiger partial charge in [0.15, 0.2) is 5.78 Å². The fourth-order valence-electron chi connectivity index (χ4n) is 2.45. The summed E-state index contributed by atoms with van der Waals surface area (Å²) in [6.07, 6.45) is -3.49. The highest BCUT2D eigenvalue weighted by Gasteiger charge is 2.42. The molecule has 124 valence electrons. The average Bonchev–Trinajstić information content (AvgIpc) is 2.46. The maximum absolute atomic E-state index is 11.2. The number of unbranched alkanes of at least 4 members (excludes halogenated alkanes) is 2. The van der Waals surface area contributed by atoms with Crippen molar-refractivity contribution in [2.24, 2.45) is 0 Å². The van der Waals surface area contributed by atoms with Crippen LogP contribution in [0.15, 0.2) is 0 Å². The molecule has 1 aliphatic rings. The lowest BCUT2D eigenvalue weighted by atomic mass is 9.92. The minimum absolute atomic E-state index is 0.192. The summed E-state index contributed by atoms with van der Waals surface area (Å²) in [4.78, 5) is 11.2. The average molecular weight is 306 g/mol. The van der Waals surface area contributed by atoms with Crippen molar-refractivity contribution in [2.75, 3.05) is 6.61 Å². The Morgan fingerprint density at radius 3 is 2.24 bits per heavy atom. The van der Waals surface area contributed by atoms with E-state index < -0.39 is 43.2 Å². The second-order valence-electron chi connectivity index (χ2n) is 5.61. The van der Waals surface area contributed by atoms with E-state index in [4.69, 9.17) is 14.9 Å². The number of Topliss-reactive ketones (excluding diaryl/α,β-unsaturated/α-hetero) is 1. The highest BCUT2D eigenvalue weighted by molar-refractivity contribution is 5.82. The molecule has 1 rings (SSSR count). The van der Waals surface area contributed by atoms with Crippen molar-refractivity contribution in [1.29, 1.82) is 0 Å². The van der Waals surface area contributed by atoms with Crippen molar-refractivity contribution < 1.29 is 35.1 Å². The lowest BCUT2D eigenvalue weighted by Gasteiger charge is -2.40. The lowest BCUT2D eigenvalue weighted by molar-refractivity contribution is -0.230. The van der Waals surface area contributed by atoms with E-state index in [1.165, 1.54) is 6.92 Å². The Labute approximate surface area is 124 Å². The number of ether oxygens (including phenoxy) is 1. The van der Waals surface area contributed by atoms with Gasteiger partial charge < -0.3 is 30.3 Å². The van der Waals surface area contributed by atoms with Gasteiger partial charge in [0, 0.05) is 6.42 Å². The van der Waals surface area contributed by atoms with E-state index in [9.17, 15) is 20.1 Å². The summed E-state index contributed by atoms with van der Waals surface area (Å²) in [5.41, 5.74) is 0. The normalized spacial score (nSPS) is 34.7. The van der Waals surface area contributed by atoms with Gasteiger partial charge in [0.25, 0.3) is 0 Å². The summed E-state index contributed by atoms with van der Waals surface area (Å²) in [6, 6.07) is 0. The van der Waals surface area contributed by atoms with E-state index in [-0.39, 0.29) is 5.78 Å². The van der Waals surface area contributed by atoms with Gasteiger partial charge in [-0.2, -0.15) is 0 Å². The molecule has 0 radical (unpaired) electrons. The molecule has 0 spiro atoms. The topological polar surface area (TPSA) is 127 Å². The van der Waals surface area contributed by atoms with Crippen LogP contribution in [-0.2, 0) is 9.53 Å². The number of rotatable bonds is 8. The summed E-state index contributed by atoms with van der Waals surface area (Å²) >= 11 is 0. The summed E-state index contributed by atoms with van der Waals surface area (Å²) in [5.74, 6) is -0.192. The minimum Gasteiger partial charge on any atom is -0.394 e. The summed E-state index contributed by atoms with van der Waals surface area (Å²) in [6.45, 7) is 1.01. The third-order valence-electron chi connectivity index (χ3n) is 3.87. The molecule has 5 unspecified atom stereocenters. The largest absolute Gasteiger partial charge is 0.394 e. The van der Waals surface area contributed by atoms with Crippen LogP contribution in [-0.4, -0.2) is 74.5 Å². The Morgan fingerprint density at radius 1 is 1.05 bits per heavy atom. The van der Waals surface area contributed by atoms with Gasteiger partial charge in [0.1, 0.15) is 30.5 Å². The first-order valence-electron chi connectivity index (χ1n) is 7.39. The molecule has 1 heterocycles. The van der Waals surface area contributed by atoms with Gasteiger partial charge >= 0.3 is 0 Å². The van der Waals surface area contributed by atoms with Crippen molar-refractivity contribution in [3.8, 4) is 0 Å². The molecule has 7 heteroatoms. The zero-order valence-corrected chi connectivity index (χ0v) is 12.3. The number of aliphatic hydroxyl groups is 5. The fourth-order valence-corrected chi connectivity index (χ4v) is 2.45. The number of hydrogen-bond acceptors (Lipinski definition) is 7. The molecule has 1 aliphatic heterocycles. The number of ketones is 1. The number of carbonyl (C=O) groups is 1. The van der Waals surface area contributed by atoms with Gasteiger partial charge in [0.2, 0.25) is 0 Å². The molecule has 0 aliphatic carbocycles. The summed E-state index contributed by atoms with van der Waals surface area (Å²) in [7, 11) is 0. The first kappa shape index (κ1) is 18.5. The third-order valence-corrected chi connectivity index (χ3v) is 3.87. The van der Waals surface area contributed by atoms with Gasteiger partial charge in [-0.15, -0.1) is 0 Å². The Hall–Kier alpha value is -0.570. The van der Waals surface area contributed by atoms with Gasteiger partial charge in [-0.05, 0) is 19.8 Å². The van der Waals surface area contributed by atoms with Crippen molar-refractivity contribution in [2.45, 2.75) is 75.7 Å². The molecule has 0 amide bonds. The summed E-state index contributed by atoms with van der Waals surface area (Å²) in [5, 5.41) is 47.2. The molecule has 0 saturated carbocycles. The SMILES string of the molecule is C[C@H](O)C(=O)CCCCCC1OC(CO)C(O)C(O)C1O. The number of hydrogen-bond donors (Lipinski definition) is 5. The van der Waals surface area contributed by atoms with Crippen molar-refractivity contribution in [1.82, 2.24) is 0 Å². The second-order valence-corrected chi connectivity index (χ2v) is 5.61. The minimum atomic E-state index is -1.34. The maximum atomic E-state index is 11.2. The Balaban J connectivity index is 2.29. The van der Waals surface area contributed by atoms with Crippen LogP contribution in [0.25, 0.3) is 0 Å². The molecule has 21 heavy (non-hydrogen) atoms. The number of carbonyl (C=O) groups excluding carboxylic acids is 1. The zero-order valence-electron chi connectivity index (χ0n) is 12.3. The van der Waals surface area contributed by atoms with E-state index in [2.05, 4.69) is 0 Å². The Kier molecular flexibility index (Phi) is 7.72. The first-order chi connectivity index (χ1) is 9.88. The van der Waals surface area contributed by atoms with Crippen LogP contribution in [0.3, 0.4) is 0 Å². The molecule has 1 fully saturated rings. The predicted octanol–water partition coefficient (Wildman–Crippen LogP) is -1.27. The van der Waals surface area contributed by atoms with Gasteiger partial charge in [0.05, 0.1) is 12.7 Å². The fraction of sp³-hybridized carbons (Fsp3) is 0.929. The van der Waals surface area contributed by atoms with Crippen molar-refractivity contribution in [3.63, 3.8) is 0 Å². The van der Waals surface area contributed by atoms with Crippen molar-refractivity contribution in [3.05, 3.63) is 0 Å². The molecule has 6 atom stereocenters. The number of aliphatic hydroxyl groups excluding tert-OH is 5. The molecule has 0 aromatic heterocycles. The van der Waals surface area contributed by atoms with Crippen LogP contribution in [0.5, 0.6) is 0 Å². The molecule has 0 bridgehead atoms. The van der Waals surface area contributed by atoms with Crippen LogP contribution >= 0.6 is 0 Å². The van der Waals surface area contributed by atoms with E-state index in [0.29, 0.717) is 25.7 Å².